The molecule has 1 atom stereocenters. The molecule has 2 heterocycles. The van der Waals surface area contributed by atoms with Crippen LogP contribution in [0.2, 0.25) is 0 Å². The molecule has 0 amide bonds. The third-order valence-corrected chi connectivity index (χ3v) is 2.36. The van der Waals surface area contributed by atoms with E-state index in [1.54, 1.807) is 24.5 Å². The Balaban J connectivity index is 2.40. The average molecular weight is 167 g/mol. The van der Waals surface area contributed by atoms with Crippen molar-refractivity contribution in [1.82, 2.24) is 0 Å². The van der Waals surface area contributed by atoms with E-state index in [1.807, 2.05) is 0 Å². The second-order valence-electron chi connectivity index (χ2n) is 2.01. The first-order valence-electron chi connectivity index (χ1n) is 3.08. The lowest BCUT2D eigenvalue weighted by molar-refractivity contribution is 0.555. The Morgan fingerprint density at radius 3 is 3.00 bits per heavy atom. The van der Waals surface area contributed by atoms with Crippen molar-refractivity contribution in [1.29, 1.82) is 0 Å². The molecule has 0 bridgehead atoms. The second-order valence-corrected chi connectivity index (χ2v) is 3.16. The molecule has 56 valence electrons. The zero-order chi connectivity index (χ0) is 7.68. The minimum atomic E-state index is -1.25. The normalized spacial score (nSPS) is 22.2. The fourth-order valence-electron chi connectivity index (χ4n) is 0.855. The Morgan fingerprint density at radius 1 is 1.55 bits per heavy atom. The molecule has 3 nitrogen and oxygen atoms in total. The summed E-state index contributed by atoms with van der Waals surface area (Å²) in [6, 6.07) is 3.52. The van der Waals surface area contributed by atoms with Crippen molar-refractivity contribution in [2.45, 2.75) is 0 Å². The molecule has 1 aliphatic heterocycles. The standard InChI is InChI=1S/C7H5NO2S/c9-11-7(3-4-8-11)6-2-1-5-10-6/h1-5H. The van der Waals surface area contributed by atoms with Gasteiger partial charge >= 0.3 is 0 Å². The van der Waals surface area contributed by atoms with Crippen molar-refractivity contribution in [3.63, 3.8) is 0 Å². The number of rotatable bonds is 1. The summed E-state index contributed by atoms with van der Waals surface area (Å²) in [5.41, 5.74) is 0. The number of hydrogen-bond acceptors (Lipinski definition) is 2. The van der Waals surface area contributed by atoms with Crippen molar-refractivity contribution in [2.75, 3.05) is 0 Å². The first kappa shape index (κ1) is 6.54. The van der Waals surface area contributed by atoms with Crippen molar-refractivity contribution < 1.29 is 8.63 Å². The molecule has 2 rings (SSSR count). The number of nitrogens with zero attached hydrogens (tertiary/aromatic N) is 1. The van der Waals surface area contributed by atoms with Crippen LogP contribution >= 0.6 is 0 Å². The molecule has 0 saturated heterocycles. The maximum absolute atomic E-state index is 11.1. The Kier molecular flexibility index (Phi) is 1.47. The van der Waals surface area contributed by atoms with E-state index in [2.05, 4.69) is 4.40 Å². The van der Waals surface area contributed by atoms with Gasteiger partial charge in [0.15, 0.2) is 11.0 Å². The highest BCUT2D eigenvalue weighted by Crippen LogP contribution is 2.21. The number of allylic oxidation sites excluding steroid dienone is 1. The van der Waals surface area contributed by atoms with Gasteiger partial charge in [-0.1, -0.05) is 0 Å². The monoisotopic (exact) mass is 167 g/mol. The van der Waals surface area contributed by atoms with Crippen molar-refractivity contribution in [3.05, 3.63) is 30.2 Å². The molecule has 0 aromatic carbocycles. The van der Waals surface area contributed by atoms with E-state index in [0.717, 1.165) is 0 Å². The van der Waals surface area contributed by atoms with E-state index in [1.165, 1.54) is 6.21 Å². The third-order valence-electron chi connectivity index (χ3n) is 1.33. The molecule has 0 fully saturated rings. The molecule has 1 aromatic rings. The fourth-order valence-corrected chi connectivity index (χ4v) is 1.61. The summed E-state index contributed by atoms with van der Waals surface area (Å²) in [5, 5.41) is 0. The van der Waals surface area contributed by atoms with Crippen LogP contribution in [0.1, 0.15) is 5.76 Å². The lowest BCUT2D eigenvalue weighted by Gasteiger charge is -1.91. The van der Waals surface area contributed by atoms with E-state index in [9.17, 15) is 4.21 Å². The van der Waals surface area contributed by atoms with Gasteiger partial charge in [-0.15, -0.1) is 0 Å². The van der Waals surface area contributed by atoms with Crippen molar-refractivity contribution in [3.8, 4) is 0 Å². The summed E-state index contributed by atoms with van der Waals surface area (Å²) in [6.07, 6.45) is 4.76. The fraction of sp³-hybridized carbons (Fsp3) is 0. The summed E-state index contributed by atoms with van der Waals surface area (Å²) in [5.74, 6) is 0.626. The molecular weight excluding hydrogens is 162 g/mol. The highest BCUT2D eigenvalue weighted by molar-refractivity contribution is 7.93. The van der Waals surface area contributed by atoms with Crippen LogP contribution in [0.4, 0.5) is 0 Å². The van der Waals surface area contributed by atoms with E-state index in [4.69, 9.17) is 4.42 Å². The van der Waals surface area contributed by atoms with Crippen LogP contribution < -0.4 is 0 Å². The molecule has 11 heavy (non-hydrogen) atoms. The lowest BCUT2D eigenvalue weighted by Crippen LogP contribution is -1.83. The van der Waals surface area contributed by atoms with Crippen LogP contribution in [0.5, 0.6) is 0 Å². The van der Waals surface area contributed by atoms with Gasteiger partial charge in [0.1, 0.15) is 10.7 Å². The molecule has 0 spiro atoms. The van der Waals surface area contributed by atoms with Gasteiger partial charge in [0.25, 0.3) is 0 Å². The minimum Gasteiger partial charge on any atom is -0.464 e. The van der Waals surface area contributed by atoms with E-state index in [-0.39, 0.29) is 0 Å². The molecule has 0 radical (unpaired) electrons. The SMILES string of the molecule is O=S1N=CC=C1c1ccco1. The second kappa shape index (κ2) is 2.47. The van der Waals surface area contributed by atoms with Crippen LogP contribution in [0.15, 0.2) is 33.3 Å². The van der Waals surface area contributed by atoms with Crippen molar-refractivity contribution in [2.24, 2.45) is 4.40 Å². The van der Waals surface area contributed by atoms with Crippen molar-refractivity contribution >= 4 is 22.1 Å². The maximum atomic E-state index is 11.1. The van der Waals surface area contributed by atoms with Gasteiger partial charge in [-0.05, 0) is 18.2 Å². The van der Waals surface area contributed by atoms with Crippen LogP contribution in [0.3, 0.4) is 0 Å². The molecule has 1 aromatic heterocycles. The molecule has 4 heteroatoms. The van der Waals surface area contributed by atoms with E-state index in [0.29, 0.717) is 10.7 Å². The maximum Gasteiger partial charge on any atom is 0.176 e. The number of hydrogen-bond donors (Lipinski definition) is 0. The Labute approximate surface area is 66.0 Å². The summed E-state index contributed by atoms with van der Waals surface area (Å²) in [4.78, 5) is 0.634. The van der Waals surface area contributed by atoms with Gasteiger partial charge in [0, 0.05) is 6.21 Å². The van der Waals surface area contributed by atoms with Gasteiger partial charge in [-0.3, -0.25) is 0 Å². The topological polar surface area (TPSA) is 42.6 Å². The Morgan fingerprint density at radius 2 is 2.45 bits per heavy atom. The molecule has 0 aliphatic carbocycles. The minimum absolute atomic E-state index is 0.626. The summed E-state index contributed by atoms with van der Waals surface area (Å²) in [6.45, 7) is 0. The predicted molar refractivity (Wildman–Crippen MR) is 43.3 cm³/mol. The lowest BCUT2D eigenvalue weighted by atomic mass is 10.4. The van der Waals surface area contributed by atoms with Gasteiger partial charge in [0.2, 0.25) is 0 Å². The number of furan rings is 1. The molecule has 1 unspecified atom stereocenters. The molecule has 1 aliphatic rings. The zero-order valence-corrected chi connectivity index (χ0v) is 6.38. The van der Waals surface area contributed by atoms with Gasteiger partial charge in [-0.25, -0.2) is 4.21 Å². The molecule has 0 saturated carbocycles. The smallest absolute Gasteiger partial charge is 0.176 e. The van der Waals surface area contributed by atoms with E-state index < -0.39 is 11.0 Å². The highest BCUT2D eigenvalue weighted by Gasteiger charge is 2.14. The summed E-state index contributed by atoms with van der Waals surface area (Å²) >= 11 is 0. The first-order valence-corrected chi connectivity index (χ1v) is 4.19. The van der Waals surface area contributed by atoms with Gasteiger partial charge in [0.05, 0.1) is 6.26 Å². The predicted octanol–water partition coefficient (Wildman–Crippen LogP) is 1.37. The zero-order valence-electron chi connectivity index (χ0n) is 5.56. The first-order chi connectivity index (χ1) is 5.38. The van der Waals surface area contributed by atoms with Crippen LogP contribution in [-0.2, 0) is 11.0 Å². The van der Waals surface area contributed by atoms with E-state index >= 15 is 0 Å². The summed E-state index contributed by atoms with van der Waals surface area (Å²) < 4.78 is 19.8. The average Bonchev–Trinajstić information content (AvgIpc) is 2.55. The summed E-state index contributed by atoms with van der Waals surface area (Å²) in [7, 11) is -1.25. The Bertz CT molecular complexity index is 337. The van der Waals surface area contributed by atoms with Gasteiger partial charge < -0.3 is 4.42 Å². The van der Waals surface area contributed by atoms with Crippen LogP contribution in [0.25, 0.3) is 4.91 Å². The highest BCUT2D eigenvalue weighted by atomic mass is 32.2. The quantitative estimate of drug-likeness (QED) is 0.634. The third kappa shape index (κ3) is 1.05. The Hall–Kier alpha value is -1.16. The van der Waals surface area contributed by atoms with Crippen LogP contribution in [0, 0.1) is 0 Å². The largest absolute Gasteiger partial charge is 0.464 e. The molecular formula is C7H5NO2S. The molecule has 0 N–H and O–H groups in total. The van der Waals surface area contributed by atoms with Crippen LogP contribution in [-0.4, -0.2) is 10.4 Å². The van der Waals surface area contributed by atoms with Gasteiger partial charge in [-0.2, -0.15) is 4.40 Å².